The number of aliphatic imine (C=N–C) groups is 1. The van der Waals surface area contributed by atoms with Crippen LogP contribution in [0.1, 0.15) is 36.2 Å². The van der Waals surface area contributed by atoms with Crippen LogP contribution in [0.4, 0.5) is 10.5 Å². The van der Waals surface area contributed by atoms with Crippen LogP contribution in [-0.4, -0.2) is 53.4 Å². The Morgan fingerprint density at radius 3 is 2.61 bits per heavy atom. The number of nitrogens with zero attached hydrogens (tertiary/aromatic N) is 4. The molecule has 1 aliphatic heterocycles. The number of urea groups is 1. The molecule has 0 unspecified atom stereocenters. The number of hydrogen-bond acceptors (Lipinski definition) is 3. The topological polar surface area (TPSA) is 86.6 Å². The maximum Gasteiger partial charge on any atom is 0.321 e. The molecule has 31 heavy (non-hydrogen) atoms. The molecule has 0 aliphatic carbocycles. The summed E-state index contributed by atoms with van der Waals surface area (Å²) in [6.07, 6.45) is 3.13. The molecule has 0 saturated carbocycles. The number of rotatable bonds is 7. The Hall–Kier alpha value is -2.30. The van der Waals surface area contributed by atoms with Gasteiger partial charge in [0, 0.05) is 51.2 Å². The monoisotopic (exact) mass is 539 g/mol. The first kappa shape index (κ1) is 25.0. The normalized spacial score (nSPS) is 13.6. The minimum atomic E-state index is -0.0160. The number of halogens is 1. The van der Waals surface area contributed by atoms with Crippen molar-refractivity contribution < 1.29 is 4.79 Å². The Bertz CT molecular complexity index is 874. The van der Waals surface area contributed by atoms with Crippen molar-refractivity contribution in [3.8, 4) is 0 Å². The van der Waals surface area contributed by atoms with Crippen molar-refractivity contribution in [1.29, 1.82) is 0 Å². The molecule has 1 saturated heterocycles. The first-order valence-corrected chi connectivity index (χ1v) is 10.7. The zero-order valence-electron chi connectivity index (χ0n) is 18.6. The summed E-state index contributed by atoms with van der Waals surface area (Å²) in [4.78, 5) is 18.4. The lowest BCUT2D eigenvalue weighted by Gasteiger charge is -2.17. The molecule has 3 rings (SSSR count). The van der Waals surface area contributed by atoms with Crippen molar-refractivity contribution in [2.75, 3.05) is 32.0 Å². The minimum absolute atomic E-state index is 0. The zero-order chi connectivity index (χ0) is 21.3. The summed E-state index contributed by atoms with van der Waals surface area (Å²) in [5, 5.41) is 14.2. The summed E-state index contributed by atoms with van der Waals surface area (Å²) in [6, 6.07) is 9.99. The van der Waals surface area contributed by atoms with E-state index in [2.05, 4.69) is 39.0 Å². The number of nitrogens with one attached hydrogen (secondary N) is 3. The van der Waals surface area contributed by atoms with E-state index in [0.717, 1.165) is 68.3 Å². The summed E-state index contributed by atoms with van der Waals surface area (Å²) < 4.78 is 2.04. The highest BCUT2D eigenvalue weighted by Crippen LogP contribution is 2.14. The van der Waals surface area contributed by atoms with E-state index in [-0.39, 0.29) is 30.0 Å². The molecule has 0 bridgehead atoms. The van der Waals surface area contributed by atoms with Crippen LogP contribution in [0.5, 0.6) is 0 Å². The van der Waals surface area contributed by atoms with Gasteiger partial charge in [-0.15, -0.1) is 24.0 Å². The highest BCUT2D eigenvalue weighted by atomic mass is 127. The minimum Gasteiger partial charge on any atom is -0.356 e. The van der Waals surface area contributed by atoms with Crippen LogP contribution in [0, 0.1) is 13.8 Å². The summed E-state index contributed by atoms with van der Waals surface area (Å²) in [5.74, 6) is 0.759. The number of aromatic nitrogens is 2. The van der Waals surface area contributed by atoms with Gasteiger partial charge in [-0.2, -0.15) is 5.10 Å². The number of carbonyl (C=O) groups excluding carboxylic acids is 1. The number of guanidine groups is 1. The molecule has 1 fully saturated rings. The second kappa shape index (κ2) is 12.5. The number of anilines is 1. The molecule has 0 spiro atoms. The van der Waals surface area contributed by atoms with Crippen LogP contribution in [0.2, 0.25) is 0 Å². The zero-order valence-corrected chi connectivity index (χ0v) is 21.0. The van der Waals surface area contributed by atoms with Gasteiger partial charge in [-0.3, -0.25) is 9.67 Å². The van der Waals surface area contributed by atoms with E-state index in [4.69, 9.17) is 0 Å². The van der Waals surface area contributed by atoms with Crippen molar-refractivity contribution in [3.05, 3.63) is 47.3 Å². The molecule has 2 heterocycles. The van der Waals surface area contributed by atoms with Gasteiger partial charge in [0.15, 0.2) is 5.96 Å². The van der Waals surface area contributed by atoms with Crippen molar-refractivity contribution >= 4 is 41.7 Å². The highest BCUT2D eigenvalue weighted by Gasteiger charge is 2.17. The molecule has 9 heteroatoms. The SMILES string of the molecule is CN=C(NCCCn1nc(C)cc1C)NCc1cccc(NC(=O)N2CCCC2)c1.I. The molecule has 2 amide bonds. The maximum atomic E-state index is 12.3. The standard InChI is InChI=1S/C22H33N7O.HI/c1-17-14-18(2)29(27-17)13-7-10-24-21(23-3)25-16-19-8-6-9-20(15-19)26-22(30)28-11-4-5-12-28;/h6,8-9,14-15H,4-5,7,10-13,16H2,1-3H3,(H,26,30)(H2,23,24,25);1H. The van der Waals surface area contributed by atoms with Gasteiger partial charge in [0.2, 0.25) is 0 Å². The predicted octanol–water partition coefficient (Wildman–Crippen LogP) is 3.50. The average molecular weight is 539 g/mol. The quantitative estimate of drug-likeness (QED) is 0.218. The largest absolute Gasteiger partial charge is 0.356 e. The fourth-order valence-corrected chi connectivity index (χ4v) is 3.63. The van der Waals surface area contributed by atoms with E-state index < -0.39 is 0 Å². The Balaban J connectivity index is 0.00000341. The third kappa shape index (κ3) is 7.71. The number of hydrogen-bond donors (Lipinski definition) is 3. The Morgan fingerprint density at radius 1 is 1.16 bits per heavy atom. The lowest BCUT2D eigenvalue weighted by molar-refractivity contribution is 0.222. The first-order valence-electron chi connectivity index (χ1n) is 10.7. The van der Waals surface area contributed by atoms with Crippen molar-refractivity contribution in [2.45, 2.75) is 46.2 Å². The van der Waals surface area contributed by atoms with Gasteiger partial charge in [0.05, 0.1) is 5.69 Å². The summed E-state index contributed by atoms with van der Waals surface area (Å²) in [7, 11) is 1.77. The number of likely N-dealkylation sites (tertiary alicyclic amines) is 1. The first-order chi connectivity index (χ1) is 14.5. The average Bonchev–Trinajstić information content (AvgIpc) is 3.37. The molecule has 0 atom stereocenters. The molecule has 2 aromatic rings. The van der Waals surface area contributed by atoms with Crippen LogP contribution < -0.4 is 16.0 Å². The molecular formula is C22H34IN7O. The number of aryl methyl sites for hydroxylation is 3. The molecule has 170 valence electrons. The predicted molar refractivity (Wildman–Crippen MR) is 136 cm³/mol. The Kier molecular flexibility index (Phi) is 10.1. The molecule has 8 nitrogen and oxygen atoms in total. The van der Waals surface area contributed by atoms with E-state index in [1.165, 1.54) is 5.69 Å². The second-order valence-electron chi connectivity index (χ2n) is 7.68. The highest BCUT2D eigenvalue weighted by molar-refractivity contribution is 14.0. The van der Waals surface area contributed by atoms with E-state index in [1.54, 1.807) is 7.05 Å². The van der Waals surface area contributed by atoms with Gasteiger partial charge in [-0.1, -0.05) is 12.1 Å². The lowest BCUT2D eigenvalue weighted by atomic mass is 10.2. The molecule has 1 aromatic heterocycles. The smallest absolute Gasteiger partial charge is 0.321 e. The van der Waals surface area contributed by atoms with E-state index in [9.17, 15) is 4.79 Å². The van der Waals surface area contributed by atoms with Crippen LogP contribution >= 0.6 is 24.0 Å². The second-order valence-corrected chi connectivity index (χ2v) is 7.68. The molecule has 1 aliphatic rings. The van der Waals surface area contributed by atoms with Gasteiger partial charge in [0.25, 0.3) is 0 Å². The van der Waals surface area contributed by atoms with E-state index >= 15 is 0 Å². The molecule has 3 N–H and O–H groups in total. The molecular weight excluding hydrogens is 505 g/mol. The van der Waals surface area contributed by atoms with Crippen LogP contribution in [0.15, 0.2) is 35.3 Å². The lowest BCUT2D eigenvalue weighted by Crippen LogP contribution is -2.37. The molecule has 0 radical (unpaired) electrons. The van der Waals surface area contributed by atoms with Crippen molar-refractivity contribution in [1.82, 2.24) is 25.3 Å². The van der Waals surface area contributed by atoms with Gasteiger partial charge in [-0.05, 0) is 56.9 Å². The van der Waals surface area contributed by atoms with Crippen LogP contribution in [0.3, 0.4) is 0 Å². The Labute approximate surface area is 201 Å². The van der Waals surface area contributed by atoms with Gasteiger partial charge in [0.1, 0.15) is 0 Å². The van der Waals surface area contributed by atoms with Gasteiger partial charge >= 0.3 is 6.03 Å². The number of carbonyl (C=O) groups is 1. The van der Waals surface area contributed by atoms with Crippen LogP contribution in [-0.2, 0) is 13.1 Å². The fraction of sp³-hybridized carbons (Fsp3) is 0.500. The van der Waals surface area contributed by atoms with E-state index in [1.807, 2.05) is 40.8 Å². The van der Waals surface area contributed by atoms with Crippen molar-refractivity contribution in [2.24, 2.45) is 4.99 Å². The Morgan fingerprint density at radius 2 is 1.94 bits per heavy atom. The van der Waals surface area contributed by atoms with E-state index in [0.29, 0.717) is 6.54 Å². The number of benzene rings is 1. The van der Waals surface area contributed by atoms with Crippen LogP contribution in [0.25, 0.3) is 0 Å². The summed E-state index contributed by atoms with van der Waals surface area (Å²) in [6.45, 7) is 8.09. The molecule has 1 aromatic carbocycles. The third-order valence-electron chi connectivity index (χ3n) is 5.20. The van der Waals surface area contributed by atoms with Crippen molar-refractivity contribution in [3.63, 3.8) is 0 Å². The third-order valence-corrected chi connectivity index (χ3v) is 5.20. The summed E-state index contributed by atoms with van der Waals surface area (Å²) >= 11 is 0. The number of amides is 2. The van der Waals surface area contributed by atoms with Gasteiger partial charge in [-0.25, -0.2) is 4.79 Å². The summed E-state index contributed by atoms with van der Waals surface area (Å²) in [5.41, 5.74) is 4.14. The fourth-order valence-electron chi connectivity index (χ4n) is 3.63. The van der Waals surface area contributed by atoms with Gasteiger partial charge < -0.3 is 20.9 Å². The maximum absolute atomic E-state index is 12.3.